The van der Waals surface area contributed by atoms with Gasteiger partial charge in [-0.1, -0.05) is 17.7 Å². The highest BCUT2D eigenvalue weighted by molar-refractivity contribution is 5.96. The van der Waals surface area contributed by atoms with Crippen molar-refractivity contribution in [1.29, 1.82) is 0 Å². The van der Waals surface area contributed by atoms with Crippen LogP contribution in [0.15, 0.2) is 36.7 Å². The highest BCUT2D eigenvalue weighted by atomic mass is 16.2. The zero-order valence-corrected chi connectivity index (χ0v) is 16.4. The van der Waals surface area contributed by atoms with E-state index in [-0.39, 0.29) is 11.8 Å². The quantitative estimate of drug-likeness (QED) is 0.699. The summed E-state index contributed by atoms with van der Waals surface area (Å²) in [4.78, 5) is 24.2. The molecule has 2 aromatic heterocycles. The zero-order chi connectivity index (χ0) is 19.1. The van der Waals surface area contributed by atoms with Gasteiger partial charge >= 0.3 is 0 Å². The lowest BCUT2D eigenvalue weighted by Crippen LogP contribution is -2.29. The maximum absolute atomic E-state index is 13.0. The number of aryl methyl sites for hydroxylation is 2. The highest BCUT2D eigenvalue weighted by Crippen LogP contribution is 2.32. The number of carbonyl (C=O) groups excluding carboxylic acids is 1. The minimum atomic E-state index is 0.129. The third-order valence-electron chi connectivity index (χ3n) is 5.49. The number of likely N-dealkylation sites (tertiary alicyclic amines) is 1. The van der Waals surface area contributed by atoms with Gasteiger partial charge < -0.3 is 9.47 Å². The van der Waals surface area contributed by atoms with E-state index in [0.29, 0.717) is 6.04 Å². The highest BCUT2D eigenvalue weighted by Gasteiger charge is 2.32. The molecule has 0 aliphatic carbocycles. The minimum Gasteiger partial charge on any atom is -0.338 e. The average Bonchev–Trinajstić information content (AvgIpc) is 3.25. The summed E-state index contributed by atoms with van der Waals surface area (Å²) < 4.78 is 2.28. The van der Waals surface area contributed by atoms with E-state index in [4.69, 9.17) is 4.98 Å². The van der Waals surface area contributed by atoms with E-state index >= 15 is 0 Å². The van der Waals surface area contributed by atoms with Crippen LogP contribution < -0.4 is 0 Å². The van der Waals surface area contributed by atoms with Crippen molar-refractivity contribution in [1.82, 2.24) is 19.4 Å². The van der Waals surface area contributed by atoms with Crippen molar-refractivity contribution in [2.75, 3.05) is 13.1 Å². The summed E-state index contributed by atoms with van der Waals surface area (Å²) in [5.74, 6) is 1.46. The lowest BCUT2D eigenvalue weighted by atomic mass is 10.0. The normalized spacial score (nSPS) is 17.2. The molecular weight excluding hydrogens is 336 g/mol. The van der Waals surface area contributed by atoms with Crippen molar-refractivity contribution < 1.29 is 4.79 Å². The molecule has 0 bridgehead atoms. The Bertz CT molecular complexity index is 1000. The van der Waals surface area contributed by atoms with E-state index in [1.165, 1.54) is 5.56 Å². The van der Waals surface area contributed by atoms with Gasteiger partial charge in [-0.05, 0) is 51.8 Å². The van der Waals surface area contributed by atoms with Gasteiger partial charge in [0.15, 0.2) is 0 Å². The summed E-state index contributed by atoms with van der Waals surface area (Å²) >= 11 is 0. The van der Waals surface area contributed by atoms with Crippen molar-refractivity contribution in [3.05, 3.63) is 59.2 Å². The molecule has 0 radical (unpaired) electrons. The number of carbonyl (C=O) groups is 1. The molecule has 3 aromatic rings. The summed E-state index contributed by atoms with van der Waals surface area (Å²) in [6, 6.07) is 8.31. The second-order valence-electron chi connectivity index (χ2n) is 7.85. The van der Waals surface area contributed by atoms with Crippen LogP contribution in [0.1, 0.15) is 59.5 Å². The fraction of sp³-hybridized carbons (Fsp3) is 0.409. The van der Waals surface area contributed by atoms with Gasteiger partial charge in [-0.3, -0.25) is 9.78 Å². The van der Waals surface area contributed by atoms with E-state index in [1.807, 2.05) is 36.2 Å². The Morgan fingerprint density at radius 1 is 1.22 bits per heavy atom. The van der Waals surface area contributed by atoms with Crippen LogP contribution in [0.3, 0.4) is 0 Å². The number of aromatic nitrogens is 3. The van der Waals surface area contributed by atoms with Crippen molar-refractivity contribution >= 4 is 16.9 Å². The molecule has 5 nitrogen and oxygen atoms in total. The number of imidazole rings is 1. The first-order valence-corrected chi connectivity index (χ1v) is 9.64. The third kappa shape index (κ3) is 3.11. The summed E-state index contributed by atoms with van der Waals surface area (Å²) in [5.41, 5.74) is 5.09. The minimum absolute atomic E-state index is 0.129. The van der Waals surface area contributed by atoms with Gasteiger partial charge in [0.05, 0.1) is 17.2 Å². The number of hydrogen-bond donors (Lipinski definition) is 0. The molecule has 0 unspecified atom stereocenters. The average molecular weight is 362 g/mol. The molecule has 140 valence electrons. The molecular formula is C22H26N4O. The van der Waals surface area contributed by atoms with Crippen LogP contribution in [-0.2, 0) is 0 Å². The second-order valence-corrected chi connectivity index (χ2v) is 7.85. The molecule has 1 fully saturated rings. The van der Waals surface area contributed by atoms with E-state index in [2.05, 4.69) is 36.4 Å². The van der Waals surface area contributed by atoms with Gasteiger partial charge in [0.2, 0.25) is 0 Å². The van der Waals surface area contributed by atoms with E-state index < -0.39 is 0 Å². The molecule has 1 aliphatic heterocycles. The van der Waals surface area contributed by atoms with Crippen LogP contribution in [-0.4, -0.2) is 38.4 Å². The van der Waals surface area contributed by atoms with E-state index in [0.717, 1.165) is 47.5 Å². The fourth-order valence-corrected chi connectivity index (χ4v) is 4.17. The van der Waals surface area contributed by atoms with Gasteiger partial charge in [-0.15, -0.1) is 0 Å². The summed E-state index contributed by atoms with van der Waals surface area (Å²) in [5, 5.41) is 0. The van der Waals surface area contributed by atoms with Gasteiger partial charge in [0.1, 0.15) is 5.82 Å². The number of pyridine rings is 1. The van der Waals surface area contributed by atoms with Crippen LogP contribution in [0.2, 0.25) is 0 Å². The first-order valence-electron chi connectivity index (χ1n) is 9.64. The monoisotopic (exact) mass is 362 g/mol. The standard InChI is InChI=1S/C22H26N4O/c1-14(2)26-20-12-23-9-7-19(20)24-21(26)17-8-10-25(13-17)22(27)18-6-5-15(3)11-16(18)4/h5-7,9,11-12,14,17H,8,10,13H2,1-4H3/t17-/m1/s1. The number of nitrogens with zero attached hydrogens (tertiary/aromatic N) is 4. The van der Waals surface area contributed by atoms with Gasteiger partial charge in [0.25, 0.3) is 5.91 Å². The predicted molar refractivity (Wildman–Crippen MR) is 107 cm³/mol. The molecule has 4 rings (SSSR count). The molecule has 1 atom stereocenters. The topological polar surface area (TPSA) is 51.0 Å². The SMILES string of the molecule is Cc1ccc(C(=O)N2CC[C@@H](c3nc4ccncc4n3C(C)C)C2)c(C)c1. The van der Waals surface area contributed by atoms with Gasteiger partial charge in [-0.2, -0.15) is 0 Å². The molecule has 27 heavy (non-hydrogen) atoms. The number of rotatable bonds is 3. The number of fused-ring (bicyclic) bond motifs is 1. The maximum atomic E-state index is 13.0. The number of benzene rings is 1. The first kappa shape index (κ1) is 17.7. The molecule has 0 N–H and O–H groups in total. The van der Waals surface area contributed by atoms with Crippen LogP contribution >= 0.6 is 0 Å². The molecule has 0 spiro atoms. The first-order chi connectivity index (χ1) is 13.0. The summed E-state index contributed by atoms with van der Waals surface area (Å²) in [6.45, 7) is 9.90. The lowest BCUT2D eigenvalue weighted by Gasteiger charge is -2.19. The molecule has 1 aliphatic rings. The largest absolute Gasteiger partial charge is 0.338 e. The second kappa shape index (κ2) is 6.80. The Labute approximate surface area is 160 Å². The fourth-order valence-electron chi connectivity index (χ4n) is 4.17. The van der Waals surface area contributed by atoms with Crippen LogP contribution in [0, 0.1) is 13.8 Å². The Morgan fingerprint density at radius 2 is 2.04 bits per heavy atom. The van der Waals surface area contributed by atoms with Crippen molar-refractivity contribution in [3.8, 4) is 0 Å². The Kier molecular flexibility index (Phi) is 4.46. The molecule has 1 aromatic carbocycles. The Hall–Kier alpha value is -2.69. The number of amides is 1. The maximum Gasteiger partial charge on any atom is 0.254 e. The molecule has 1 saturated heterocycles. The summed E-state index contributed by atoms with van der Waals surface area (Å²) in [6.07, 6.45) is 4.62. The van der Waals surface area contributed by atoms with E-state index in [9.17, 15) is 4.79 Å². The third-order valence-corrected chi connectivity index (χ3v) is 5.49. The summed E-state index contributed by atoms with van der Waals surface area (Å²) in [7, 11) is 0. The molecule has 0 saturated carbocycles. The van der Waals surface area contributed by atoms with Gasteiger partial charge in [-0.25, -0.2) is 4.98 Å². The Balaban J connectivity index is 1.62. The van der Waals surface area contributed by atoms with Crippen LogP contribution in [0.4, 0.5) is 0 Å². The predicted octanol–water partition coefficient (Wildman–Crippen LogP) is 4.26. The van der Waals surface area contributed by atoms with Crippen LogP contribution in [0.5, 0.6) is 0 Å². The molecule has 1 amide bonds. The smallest absolute Gasteiger partial charge is 0.254 e. The van der Waals surface area contributed by atoms with Gasteiger partial charge in [0, 0.05) is 36.8 Å². The molecule has 3 heterocycles. The Morgan fingerprint density at radius 3 is 2.78 bits per heavy atom. The van der Waals surface area contributed by atoms with E-state index in [1.54, 1.807) is 6.20 Å². The molecule has 5 heteroatoms. The van der Waals surface area contributed by atoms with Crippen molar-refractivity contribution in [2.24, 2.45) is 0 Å². The lowest BCUT2D eigenvalue weighted by molar-refractivity contribution is 0.0789. The zero-order valence-electron chi connectivity index (χ0n) is 16.4. The number of hydrogen-bond acceptors (Lipinski definition) is 3. The van der Waals surface area contributed by atoms with Crippen molar-refractivity contribution in [2.45, 2.75) is 46.1 Å². The van der Waals surface area contributed by atoms with Crippen LogP contribution in [0.25, 0.3) is 11.0 Å². The van der Waals surface area contributed by atoms with Crippen molar-refractivity contribution in [3.63, 3.8) is 0 Å².